The number of amides is 1. The Morgan fingerprint density at radius 1 is 1.25 bits per heavy atom. The van der Waals surface area contributed by atoms with Gasteiger partial charge in [0.05, 0.1) is 18.5 Å². The maximum atomic E-state index is 13.2. The summed E-state index contributed by atoms with van der Waals surface area (Å²) >= 11 is 0. The quantitative estimate of drug-likeness (QED) is 0.778. The van der Waals surface area contributed by atoms with Crippen molar-refractivity contribution in [1.82, 2.24) is 19.2 Å². The number of hydrogen-bond acceptors (Lipinski definition) is 3. The summed E-state index contributed by atoms with van der Waals surface area (Å²) in [4.78, 5) is 14.1. The van der Waals surface area contributed by atoms with E-state index in [1.807, 2.05) is 12.1 Å². The molecule has 0 aliphatic rings. The molecule has 0 aliphatic heterocycles. The number of aliphatic hydroxyl groups is 1. The number of aliphatic hydroxyl groups excluding tert-OH is 1. The second-order valence-corrected chi connectivity index (χ2v) is 5.31. The zero-order chi connectivity index (χ0) is 17.1. The third-order valence-corrected chi connectivity index (χ3v) is 3.68. The fraction of sp³-hybridized carbons (Fsp3) is 0.176. The summed E-state index contributed by atoms with van der Waals surface area (Å²) in [6.07, 6.45) is 5.09. The van der Waals surface area contributed by atoms with Crippen molar-refractivity contribution in [2.75, 3.05) is 20.2 Å². The van der Waals surface area contributed by atoms with Crippen molar-refractivity contribution in [3.63, 3.8) is 0 Å². The Morgan fingerprint density at radius 3 is 2.54 bits per heavy atom. The van der Waals surface area contributed by atoms with E-state index in [1.54, 1.807) is 40.8 Å². The van der Waals surface area contributed by atoms with Gasteiger partial charge in [-0.05, 0) is 36.4 Å². The number of rotatable bonds is 5. The SMILES string of the molecule is CN(CCO)C(=O)c1cnn(-c2ccc(F)cc2)c1-n1cccc1. The van der Waals surface area contributed by atoms with Crippen LogP contribution in [0.15, 0.2) is 55.0 Å². The van der Waals surface area contributed by atoms with Crippen LogP contribution in [0, 0.1) is 5.82 Å². The normalized spacial score (nSPS) is 10.8. The molecule has 1 amide bonds. The monoisotopic (exact) mass is 328 g/mol. The number of nitrogens with zero attached hydrogens (tertiary/aromatic N) is 4. The molecule has 0 atom stereocenters. The lowest BCUT2D eigenvalue weighted by atomic mass is 10.2. The van der Waals surface area contributed by atoms with E-state index in [0.29, 0.717) is 17.1 Å². The Hall–Kier alpha value is -2.93. The summed E-state index contributed by atoms with van der Waals surface area (Å²) in [5.41, 5.74) is 1.04. The van der Waals surface area contributed by atoms with Gasteiger partial charge in [0.1, 0.15) is 11.4 Å². The molecule has 1 N–H and O–H groups in total. The zero-order valence-corrected chi connectivity index (χ0v) is 13.1. The smallest absolute Gasteiger partial charge is 0.259 e. The highest BCUT2D eigenvalue weighted by atomic mass is 19.1. The van der Waals surface area contributed by atoms with Gasteiger partial charge >= 0.3 is 0 Å². The van der Waals surface area contributed by atoms with Crippen molar-refractivity contribution >= 4 is 5.91 Å². The summed E-state index contributed by atoms with van der Waals surface area (Å²) < 4.78 is 16.5. The number of carbonyl (C=O) groups excluding carboxylic acids is 1. The Kier molecular flexibility index (Phi) is 4.43. The predicted octanol–water partition coefficient (Wildman–Crippen LogP) is 1.87. The number of benzene rings is 1. The first-order valence-electron chi connectivity index (χ1n) is 7.45. The molecule has 0 saturated heterocycles. The number of likely N-dealkylation sites (N-methyl/N-ethyl adjacent to an activating group) is 1. The van der Waals surface area contributed by atoms with Crippen molar-refractivity contribution in [3.05, 3.63) is 66.4 Å². The van der Waals surface area contributed by atoms with Gasteiger partial charge in [-0.3, -0.25) is 4.79 Å². The molecule has 0 bridgehead atoms. The molecule has 0 fully saturated rings. The van der Waals surface area contributed by atoms with Crippen LogP contribution >= 0.6 is 0 Å². The van der Waals surface area contributed by atoms with Gasteiger partial charge in [0.15, 0.2) is 5.82 Å². The summed E-state index contributed by atoms with van der Waals surface area (Å²) in [7, 11) is 1.62. The topological polar surface area (TPSA) is 63.3 Å². The van der Waals surface area contributed by atoms with Crippen molar-refractivity contribution in [3.8, 4) is 11.5 Å². The minimum atomic E-state index is -0.340. The molecular weight excluding hydrogens is 311 g/mol. The van der Waals surface area contributed by atoms with Crippen molar-refractivity contribution in [2.45, 2.75) is 0 Å². The molecule has 24 heavy (non-hydrogen) atoms. The Balaban J connectivity index is 2.11. The first-order chi connectivity index (χ1) is 11.6. The van der Waals surface area contributed by atoms with Crippen molar-refractivity contribution in [2.24, 2.45) is 0 Å². The molecule has 6 nitrogen and oxygen atoms in total. The summed E-state index contributed by atoms with van der Waals surface area (Å²) in [5, 5.41) is 13.3. The maximum Gasteiger partial charge on any atom is 0.259 e. The molecule has 2 aromatic heterocycles. The molecule has 0 aliphatic carbocycles. The first-order valence-corrected chi connectivity index (χ1v) is 7.45. The standard InChI is InChI=1S/C17H17FN4O2/c1-20(10-11-23)17(24)15-12-19-22(14-6-4-13(18)5-7-14)16(15)21-8-2-3-9-21/h2-9,12,23H,10-11H2,1H3. The van der Waals surface area contributed by atoms with E-state index < -0.39 is 0 Å². The Morgan fingerprint density at radius 2 is 1.92 bits per heavy atom. The molecule has 1 aromatic carbocycles. The lowest BCUT2D eigenvalue weighted by molar-refractivity contribution is 0.0767. The molecular formula is C17H17FN4O2. The van der Waals surface area contributed by atoms with Gasteiger partial charge in [-0.1, -0.05) is 0 Å². The van der Waals surface area contributed by atoms with Gasteiger partial charge in [0.2, 0.25) is 0 Å². The lowest BCUT2D eigenvalue weighted by Gasteiger charge is -2.16. The van der Waals surface area contributed by atoms with Crippen LogP contribution in [0.5, 0.6) is 0 Å². The van der Waals surface area contributed by atoms with Crippen LogP contribution in [0.4, 0.5) is 4.39 Å². The zero-order valence-electron chi connectivity index (χ0n) is 13.1. The van der Waals surface area contributed by atoms with E-state index in [2.05, 4.69) is 5.10 Å². The van der Waals surface area contributed by atoms with Crippen molar-refractivity contribution in [1.29, 1.82) is 0 Å². The number of hydrogen-bond donors (Lipinski definition) is 1. The minimum absolute atomic E-state index is 0.118. The van der Waals surface area contributed by atoms with Gasteiger partial charge in [-0.2, -0.15) is 5.10 Å². The molecule has 124 valence electrons. The van der Waals surface area contributed by atoms with Crippen LogP contribution in [-0.4, -0.2) is 50.5 Å². The molecule has 3 rings (SSSR count). The highest BCUT2D eigenvalue weighted by molar-refractivity contribution is 5.97. The fourth-order valence-corrected chi connectivity index (χ4v) is 2.45. The summed E-state index contributed by atoms with van der Waals surface area (Å²) in [6.45, 7) is 0.110. The van der Waals surface area contributed by atoms with Crippen molar-refractivity contribution < 1.29 is 14.3 Å². The van der Waals surface area contributed by atoms with E-state index in [1.165, 1.54) is 23.2 Å². The second kappa shape index (κ2) is 6.67. The average molecular weight is 328 g/mol. The van der Waals surface area contributed by atoms with Crippen LogP contribution in [-0.2, 0) is 0 Å². The Labute approximate surface area is 138 Å². The average Bonchev–Trinajstić information content (AvgIpc) is 3.24. The highest BCUT2D eigenvalue weighted by Crippen LogP contribution is 2.21. The van der Waals surface area contributed by atoms with Gasteiger partial charge in [-0.15, -0.1) is 0 Å². The Bertz CT molecular complexity index is 825. The molecule has 0 spiro atoms. The minimum Gasteiger partial charge on any atom is -0.395 e. The second-order valence-electron chi connectivity index (χ2n) is 5.31. The number of carbonyl (C=O) groups is 1. The first kappa shape index (κ1) is 15.9. The molecule has 3 aromatic rings. The van der Waals surface area contributed by atoms with Gasteiger partial charge < -0.3 is 14.6 Å². The third kappa shape index (κ3) is 2.93. The lowest BCUT2D eigenvalue weighted by Crippen LogP contribution is -2.30. The van der Waals surface area contributed by atoms with E-state index in [-0.39, 0.29) is 24.9 Å². The molecule has 0 radical (unpaired) electrons. The fourth-order valence-electron chi connectivity index (χ4n) is 2.45. The molecule has 7 heteroatoms. The predicted molar refractivity (Wildman–Crippen MR) is 86.9 cm³/mol. The molecule has 2 heterocycles. The third-order valence-electron chi connectivity index (χ3n) is 3.68. The van der Waals surface area contributed by atoms with Crippen LogP contribution in [0.25, 0.3) is 11.5 Å². The maximum absolute atomic E-state index is 13.2. The molecule has 0 saturated carbocycles. The van der Waals surface area contributed by atoms with E-state index in [4.69, 9.17) is 5.11 Å². The number of aromatic nitrogens is 3. The van der Waals surface area contributed by atoms with Gasteiger partial charge in [0.25, 0.3) is 5.91 Å². The van der Waals surface area contributed by atoms with Crippen LogP contribution in [0.2, 0.25) is 0 Å². The van der Waals surface area contributed by atoms with E-state index in [9.17, 15) is 9.18 Å². The summed E-state index contributed by atoms with van der Waals surface area (Å²) in [6, 6.07) is 9.56. The van der Waals surface area contributed by atoms with Crippen LogP contribution < -0.4 is 0 Å². The van der Waals surface area contributed by atoms with E-state index >= 15 is 0 Å². The van der Waals surface area contributed by atoms with Gasteiger partial charge in [-0.25, -0.2) is 9.07 Å². The van der Waals surface area contributed by atoms with Crippen LogP contribution in [0.1, 0.15) is 10.4 Å². The largest absolute Gasteiger partial charge is 0.395 e. The van der Waals surface area contributed by atoms with Gasteiger partial charge in [0, 0.05) is 26.0 Å². The van der Waals surface area contributed by atoms with E-state index in [0.717, 1.165) is 0 Å². The van der Waals surface area contributed by atoms with Crippen LogP contribution in [0.3, 0.4) is 0 Å². The number of halogens is 1. The highest BCUT2D eigenvalue weighted by Gasteiger charge is 2.22. The molecule has 0 unspecified atom stereocenters. The summed E-state index contributed by atoms with van der Waals surface area (Å²) in [5.74, 6) is -0.0325.